The fourth-order valence-electron chi connectivity index (χ4n) is 2.88. The Hall–Kier alpha value is 0.140. The van der Waals surface area contributed by atoms with Crippen LogP contribution >= 0.6 is 27.3 Å². The van der Waals surface area contributed by atoms with Crippen LogP contribution in [0.5, 0.6) is 0 Å². The molecule has 1 saturated carbocycles. The standard InChI is InChI=1S/C15H24BrNS/c1-11(2)12-3-5-13(6-4-12)17-10-9-14-7-8-15(16)18-14/h7-8,11-13,17H,3-6,9-10H2,1-2H3. The number of hydrogen-bond acceptors (Lipinski definition) is 2. The topological polar surface area (TPSA) is 12.0 Å². The summed E-state index contributed by atoms with van der Waals surface area (Å²) in [6.45, 7) is 5.87. The second kappa shape index (κ2) is 7.06. The predicted molar refractivity (Wildman–Crippen MR) is 84.3 cm³/mol. The quantitative estimate of drug-likeness (QED) is 0.813. The molecule has 0 radical (unpaired) electrons. The van der Waals surface area contributed by atoms with E-state index in [1.165, 1.54) is 40.8 Å². The Balaban J connectivity index is 1.63. The van der Waals surface area contributed by atoms with Crippen LogP contribution < -0.4 is 5.32 Å². The van der Waals surface area contributed by atoms with Crippen LogP contribution in [0.15, 0.2) is 15.9 Å². The van der Waals surface area contributed by atoms with Crippen LogP contribution in [-0.4, -0.2) is 12.6 Å². The third-order valence-corrected chi connectivity index (χ3v) is 5.83. The zero-order chi connectivity index (χ0) is 13.0. The van der Waals surface area contributed by atoms with Gasteiger partial charge in [0, 0.05) is 17.5 Å². The molecule has 0 aliphatic heterocycles. The van der Waals surface area contributed by atoms with Crippen molar-refractivity contribution >= 4 is 27.3 Å². The minimum atomic E-state index is 0.767. The highest BCUT2D eigenvalue weighted by atomic mass is 79.9. The molecule has 0 atom stereocenters. The van der Waals surface area contributed by atoms with Crippen LogP contribution in [0.25, 0.3) is 0 Å². The largest absolute Gasteiger partial charge is 0.314 e. The van der Waals surface area contributed by atoms with Crippen LogP contribution in [0.2, 0.25) is 0 Å². The first-order valence-electron chi connectivity index (χ1n) is 7.12. The van der Waals surface area contributed by atoms with E-state index in [2.05, 4.69) is 47.2 Å². The van der Waals surface area contributed by atoms with Crippen molar-refractivity contribution in [3.05, 3.63) is 20.8 Å². The highest BCUT2D eigenvalue weighted by molar-refractivity contribution is 9.11. The Morgan fingerprint density at radius 2 is 2.00 bits per heavy atom. The Morgan fingerprint density at radius 3 is 2.56 bits per heavy atom. The van der Waals surface area contributed by atoms with Crippen molar-refractivity contribution in [2.45, 2.75) is 52.0 Å². The maximum absolute atomic E-state index is 3.73. The van der Waals surface area contributed by atoms with Gasteiger partial charge in [-0.3, -0.25) is 0 Å². The van der Waals surface area contributed by atoms with E-state index in [4.69, 9.17) is 0 Å². The average molecular weight is 330 g/mol. The first-order valence-corrected chi connectivity index (χ1v) is 8.73. The molecule has 0 saturated heterocycles. The van der Waals surface area contributed by atoms with Gasteiger partial charge in [-0.2, -0.15) is 0 Å². The van der Waals surface area contributed by atoms with Gasteiger partial charge in [0.25, 0.3) is 0 Å². The summed E-state index contributed by atoms with van der Waals surface area (Å²) >= 11 is 5.37. The zero-order valence-electron chi connectivity index (χ0n) is 11.4. The minimum absolute atomic E-state index is 0.767. The highest BCUT2D eigenvalue weighted by Crippen LogP contribution is 2.29. The molecule has 2 rings (SSSR count). The molecule has 1 heterocycles. The van der Waals surface area contributed by atoms with Gasteiger partial charge in [0.2, 0.25) is 0 Å². The Morgan fingerprint density at radius 1 is 1.28 bits per heavy atom. The van der Waals surface area contributed by atoms with Crippen LogP contribution in [-0.2, 0) is 6.42 Å². The predicted octanol–water partition coefficient (Wildman–Crippen LogP) is 4.86. The summed E-state index contributed by atoms with van der Waals surface area (Å²) < 4.78 is 1.25. The molecule has 1 aliphatic carbocycles. The molecule has 0 spiro atoms. The molecule has 3 heteroatoms. The van der Waals surface area contributed by atoms with E-state index in [0.29, 0.717) is 0 Å². The van der Waals surface area contributed by atoms with Gasteiger partial charge in [-0.15, -0.1) is 11.3 Å². The van der Waals surface area contributed by atoms with Crippen molar-refractivity contribution < 1.29 is 0 Å². The Bertz CT molecular complexity index is 353. The molecule has 1 nitrogen and oxygen atoms in total. The van der Waals surface area contributed by atoms with Crippen molar-refractivity contribution in [2.75, 3.05) is 6.54 Å². The lowest BCUT2D eigenvalue weighted by Crippen LogP contribution is -2.35. The molecule has 0 bridgehead atoms. The van der Waals surface area contributed by atoms with Gasteiger partial charge in [-0.25, -0.2) is 0 Å². The van der Waals surface area contributed by atoms with Crippen LogP contribution in [0.1, 0.15) is 44.4 Å². The fraction of sp³-hybridized carbons (Fsp3) is 0.733. The van der Waals surface area contributed by atoms with Crippen molar-refractivity contribution in [1.29, 1.82) is 0 Å². The third kappa shape index (κ3) is 4.36. The van der Waals surface area contributed by atoms with Crippen molar-refractivity contribution in [2.24, 2.45) is 11.8 Å². The number of hydrogen-bond donors (Lipinski definition) is 1. The van der Waals surface area contributed by atoms with E-state index in [9.17, 15) is 0 Å². The van der Waals surface area contributed by atoms with Gasteiger partial charge < -0.3 is 5.32 Å². The molecule has 18 heavy (non-hydrogen) atoms. The molecule has 1 aromatic rings. The normalized spacial score (nSPS) is 24.7. The molecule has 0 amide bonds. The summed E-state index contributed by atoms with van der Waals surface area (Å²) in [6.07, 6.45) is 6.74. The molecular formula is C15H24BrNS. The van der Waals surface area contributed by atoms with Crippen LogP contribution in [0, 0.1) is 11.8 Å². The van der Waals surface area contributed by atoms with Crippen molar-refractivity contribution in [3.63, 3.8) is 0 Å². The number of nitrogens with one attached hydrogen (secondary N) is 1. The maximum Gasteiger partial charge on any atom is 0.0701 e. The van der Waals surface area contributed by atoms with Crippen LogP contribution in [0.4, 0.5) is 0 Å². The summed E-state index contributed by atoms with van der Waals surface area (Å²) in [6, 6.07) is 5.14. The van der Waals surface area contributed by atoms with E-state index < -0.39 is 0 Å². The van der Waals surface area contributed by atoms with Crippen molar-refractivity contribution in [1.82, 2.24) is 5.32 Å². The van der Waals surface area contributed by atoms with Gasteiger partial charge >= 0.3 is 0 Å². The van der Waals surface area contributed by atoms with Gasteiger partial charge in [-0.05, 0) is 72.0 Å². The molecule has 0 aromatic carbocycles. The molecule has 1 aromatic heterocycles. The van der Waals surface area contributed by atoms with Crippen molar-refractivity contribution in [3.8, 4) is 0 Å². The average Bonchev–Trinajstić information content (AvgIpc) is 2.76. The van der Waals surface area contributed by atoms with Gasteiger partial charge in [0.05, 0.1) is 3.79 Å². The summed E-state index contributed by atoms with van der Waals surface area (Å²) in [5.74, 6) is 1.84. The van der Waals surface area contributed by atoms with Crippen LogP contribution in [0.3, 0.4) is 0 Å². The summed E-state index contributed by atoms with van der Waals surface area (Å²) in [5, 5.41) is 3.73. The lowest BCUT2D eigenvalue weighted by molar-refractivity contribution is 0.239. The zero-order valence-corrected chi connectivity index (χ0v) is 13.8. The second-order valence-corrected chi connectivity index (χ2v) is 8.31. The maximum atomic E-state index is 3.73. The van der Waals surface area contributed by atoms with E-state index >= 15 is 0 Å². The monoisotopic (exact) mass is 329 g/mol. The second-order valence-electron chi connectivity index (χ2n) is 5.77. The van der Waals surface area contributed by atoms with Gasteiger partial charge in [0.15, 0.2) is 0 Å². The Kier molecular flexibility index (Phi) is 5.71. The summed E-state index contributed by atoms with van der Waals surface area (Å²) in [5.41, 5.74) is 0. The van der Waals surface area contributed by atoms with Gasteiger partial charge in [0.1, 0.15) is 0 Å². The smallest absolute Gasteiger partial charge is 0.0701 e. The van der Waals surface area contributed by atoms with E-state index in [-0.39, 0.29) is 0 Å². The van der Waals surface area contributed by atoms with E-state index in [1.807, 2.05) is 11.3 Å². The number of rotatable bonds is 5. The summed E-state index contributed by atoms with van der Waals surface area (Å²) in [7, 11) is 0. The SMILES string of the molecule is CC(C)C1CCC(NCCc2ccc(Br)s2)CC1. The lowest BCUT2D eigenvalue weighted by atomic mass is 9.80. The number of thiophene rings is 1. The minimum Gasteiger partial charge on any atom is -0.314 e. The molecule has 102 valence electrons. The molecular weight excluding hydrogens is 306 g/mol. The highest BCUT2D eigenvalue weighted by Gasteiger charge is 2.22. The summed E-state index contributed by atoms with van der Waals surface area (Å²) in [4.78, 5) is 1.48. The number of halogens is 1. The molecule has 0 unspecified atom stereocenters. The Labute approximate surface area is 123 Å². The van der Waals surface area contributed by atoms with E-state index in [0.717, 1.165) is 24.4 Å². The molecule has 1 N–H and O–H groups in total. The first kappa shape index (κ1) is 14.5. The molecule has 1 aliphatic rings. The lowest BCUT2D eigenvalue weighted by Gasteiger charge is -2.31. The van der Waals surface area contributed by atoms with Gasteiger partial charge in [-0.1, -0.05) is 13.8 Å². The molecule has 1 fully saturated rings. The van der Waals surface area contributed by atoms with E-state index in [1.54, 1.807) is 0 Å². The fourth-order valence-corrected chi connectivity index (χ4v) is 4.36. The first-order chi connectivity index (χ1) is 8.65. The third-order valence-electron chi connectivity index (χ3n) is 4.15.